The van der Waals surface area contributed by atoms with Crippen molar-refractivity contribution in [2.45, 2.75) is 57.2 Å². The van der Waals surface area contributed by atoms with Gasteiger partial charge in [0.1, 0.15) is 17.3 Å². The van der Waals surface area contributed by atoms with Gasteiger partial charge >= 0.3 is 6.03 Å². The van der Waals surface area contributed by atoms with E-state index < -0.39 is 11.6 Å². The van der Waals surface area contributed by atoms with Gasteiger partial charge in [0.15, 0.2) is 0 Å². The normalized spacial score (nSPS) is 23.2. The largest absolute Gasteiger partial charge is 0.381 e. The monoisotopic (exact) mass is 565 g/mol. The number of aromatic nitrogens is 2. The number of rotatable bonds is 8. The Balaban J connectivity index is 1.36. The van der Waals surface area contributed by atoms with E-state index in [9.17, 15) is 19.2 Å². The van der Waals surface area contributed by atoms with Crippen LogP contribution in [0, 0.1) is 11.8 Å². The van der Waals surface area contributed by atoms with Crippen LogP contribution in [0.5, 0.6) is 0 Å². The lowest BCUT2D eigenvalue weighted by Crippen LogP contribution is -2.60. The molecule has 2 fully saturated rings. The van der Waals surface area contributed by atoms with E-state index in [-0.39, 0.29) is 41.6 Å². The summed E-state index contributed by atoms with van der Waals surface area (Å²) in [7, 11) is 3.26. The maximum absolute atomic E-state index is 13.6. The van der Waals surface area contributed by atoms with Crippen LogP contribution in [0.4, 0.5) is 10.5 Å². The lowest BCUT2D eigenvalue weighted by atomic mass is 9.90. The van der Waals surface area contributed by atoms with E-state index in [4.69, 9.17) is 4.74 Å². The Morgan fingerprint density at radius 3 is 2.49 bits per heavy atom. The van der Waals surface area contributed by atoms with Crippen molar-refractivity contribution in [3.8, 4) is 0 Å². The van der Waals surface area contributed by atoms with Crippen molar-refractivity contribution < 1.29 is 23.9 Å². The van der Waals surface area contributed by atoms with E-state index in [2.05, 4.69) is 26.4 Å². The first-order chi connectivity index (χ1) is 19.6. The fourth-order valence-electron chi connectivity index (χ4n) is 6.23. The second kappa shape index (κ2) is 11.5. The summed E-state index contributed by atoms with van der Waals surface area (Å²) in [6.45, 7) is 5.60. The molecule has 0 saturated carbocycles. The number of carbonyl (C=O) groups excluding carboxylic acids is 4. The Kier molecular flexibility index (Phi) is 8.03. The molecule has 3 aliphatic rings. The molecule has 2 saturated heterocycles. The minimum atomic E-state index is -1.05. The van der Waals surface area contributed by atoms with Gasteiger partial charge in [0.2, 0.25) is 11.8 Å². The topological polar surface area (TPSA) is 147 Å². The minimum Gasteiger partial charge on any atom is -0.381 e. The zero-order valence-corrected chi connectivity index (χ0v) is 24.0. The molecule has 4 N–H and O–H groups in total. The zero-order chi connectivity index (χ0) is 29.3. The average molecular weight is 566 g/mol. The summed E-state index contributed by atoms with van der Waals surface area (Å²) < 4.78 is 6.96. The van der Waals surface area contributed by atoms with Crippen LogP contribution >= 0.6 is 0 Å². The van der Waals surface area contributed by atoms with E-state index in [0.29, 0.717) is 56.8 Å². The third-order valence-electron chi connectivity index (χ3n) is 8.70. The van der Waals surface area contributed by atoms with Crippen molar-refractivity contribution in [1.29, 1.82) is 0 Å². The van der Waals surface area contributed by atoms with Crippen molar-refractivity contribution in [1.82, 2.24) is 30.6 Å². The van der Waals surface area contributed by atoms with Gasteiger partial charge in [0, 0.05) is 58.6 Å². The molecule has 5 rings (SSSR count). The maximum Gasteiger partial charge on any atom is 0.318 e. The van der Waals surface area contributed by atoms with Crippen LogP contribution in [0.3, 0.4) is 0 Å². The van der Waals surface area contributed by atoms with Crippen LogP contribution in [-0.2, 0) is 34.2 Å². The lowest BCUT2D eigenvalue weighted by molar-refractivity contribution is -0.130. The number of nitrogens with one attached hydrogen (secondary N) is 4. The van der Waals surface area contributed by atoms with Gasteiger partial charge < -0.3 is 30.9 Å². The molecule has 1 aromatic heterocycles. The molecular weight excluding hydrogens is 526 g/mol. The third kappa shape index (κ3) is 5.52. The fourth-order valence-corrected chi connectivity index (χ4v) is 6.23. The molecular formula is C29H39N7O5. The van der Waals surface area contributed by atoms with Gasteiger partial charge in [-0.2, -0.15) is 5.10 Å². The van der Waals surface area contributed by atoms with Crippen molar-refractivity contribution >= 4 is 29.4 Å². The number of aryl methyl sites for hydroxylation is 1. The summed E-state index contributed by atoms with van der Waals surface area (Å²) >= 11 is 0. The van der Waals surface area contributed by atoms with Crippen LogP contribution in [0.15, 0.2) is 30.5 Å². The number of fused-ring (bicyclic) bond motifs is 1. The molecule has 12 heteroatoms. The quantitative estimate of drug-likeness (QED) is 0.379. The van der Waals surface area contributed by atoms with Crippen molar-refractivity contribution in [3.63, 3.8) is 0 Å². The predicted molar refractivity (Wildman–Crippen MR) is 151 cm³/mol. The van der Waals surface area contributed by atoms with E-state index in [1.54, 1.807) is 25.1 Å². The highest BCUT2D eigenvalue weighted by molar-refractivity contribution is 6.01. The number of benzene rings is 1. The first kappa shape index (κ1) is 28.6. The molecule has 1 aromatic carbocycles. The maximum atomic E-state index is 13.6. The highest BCUT2D eigenvalue weighted by Gasteiger charge is 2.53. The van der Waals surface area contributed by atoms with E-state index in [0.717, 1.165) is 11.1 Å². The Morgan fingerprint density at radius 2 is 1.85 bits per heavy atom. The molecule has 0 bridgehead atoms. The predicted octanol–water partition coefficient (Wildman–Crippen LogP) is 1.22. The van der Waals surface area contributed by atoms with Crippen molar-refractivity contribution in [3.05, 3.63) is 47.3 Å². The molecule has 41 heavy (non-hydrogen) atoms. The first-order valence-electron chi connectivity index (χ1n) is 14.2. The summed E-state index contributed by atoms with van der Waals surface area (Å²) in [5.74, 6) is -0.750. The highest BCUT2D eigenvalue weighted by atomic mass is 16.5. The first-order valence-corrected chi connectivity index (χ1v) is 14.2. The van der Waals surface area contributed by atoms with Gasteiger partial charge in [0.05, 0.1) is 6.04 Å². The summed E-state index contributed by atoms with van der Waals surface area (Å²) in [6, 6.07) is 6.15. The van der Waals surface area contributed by atoms with Crippen LogP contribution in [0.2, 0.25) is 0 Å². The Bertz CT molecular complexity index is 1330. The Morgan fingerprint density at radius 1 is 1.12 bits per heavy atom. The average Bonchev–Trinajstić information content (AvgIpc) is 3.68. The molecule has 220 valence electrons. The zero-order valence-electron chi connectivity index (χ0n) is 24.0. The second-order valence-electron chi connectivity index (χ2n) is 11.6. The molecule has 3 atom stereocenters. The summed E-state index contributed by atoms with van der Waals surface area (Å²) in [4.78, 5) is 54.6. The molecule has 3 heterocycles. The number of ether oxygens (including phenoxy) is 1. The molecule has 0 radical (unpaired) electrons. The van der Waals surface area contributed by atoms with E-state index in [1.807, 2.05) is 32.0 Å². The number of hydrogen-bond acceptors (Lipinski definition) is 6. The molecule has 1 unspecified atom stereocenters. The summed E-state index contributed by atoms with van der Waals surface area (Å²) in [5.41, 5.74) is 1.74. The van der Waals surface area contributed by atoms with Crippen molar-refractivity contribution in [2.75, 3.05) is 32.1 Å². The summed E-state index contributed by atoms with van der Waals surface area (Å²) in [6.07, 6.45) is 3.57. The molecule has 2 aromatic rings. The van der Waals surface area contributed by atoms with Gasteiger partial charge in [-0.1, -0.05) is 19.9 Å². The number of anilines is 1. The molecule has 0 spiro atoms. The van der Waals surface area contributed by atoms with Gasteiger partial charge in [-0.05, 0) is 54.0 Å². The van der Waals surface area contributed by atoms with Crippen LogP contribution in [-0.4, -0.2) is 82.9 Å². The second-order valence-corrected chi connectivity index (χ2v) is 11.6. The molecule has 5 amide bonds. The standard InChI is InChI=1S/C29H39N7O5/c1-17(2)22-16-36(28(40)33-22)29(27(39)30-3)14-19-5-6-21(13-20(19)15-29)32-26(38)24(18-8-11-41-12-9-18)34-25(37)23-7-10-31-35(23)4/h5-7,10,13,17-18,22,24H,8-9,11-12,14-16H2,1-4H3,(H,30,39)(H,32,38)(H,33,40)(H,34,37)/t22-,24-,29?/m0/s1. The SMILES string of the molecule is CNC(=O)C1(N2C[C@@H](C(C)C)NC2=O)Cc2ccc(NC(=O)[C@@H](NC(=O)c3ccnn3C)C3CCOCC3)cc2C1. The minimum absolute atomic E-state index is 0.0359. The van der Waals surface area contributed by atoms with Crippen LogP contribution in [0.25, 0.3) is 0 Å². The number of amides is 5. The number of nitrogens with zero attached hydrogens (tertiary/aromatic N) is 3. The third-order valence-corrected chi connectivity index (χ3v) is 8.70. The number of likely N-dealkylation sites (N-methyl/N-ethyl adjacent to an activating group) is 1. The van der Waals surface area contributed by atoms with Gasteiger partial charge in [-0.3, -0.25) is 19.1 Å². The van der Waals surface area contributed by atoms with Crippen molar-refractivity contribution in [2.24, 2.45) is 18.9 Å². The lowest BCUT2D eigenvalue weighted by Gasteiger charge is -2.36. The molecule has 1 aliphatic carbocycles. The van der Waals surface area contributed by atoms with Gasteiger partial charge in [-0.15, -0.1) is 0 Å². The van der Waals surface area contributed by atoms with Gasteiger partial charge in [-0.25, -0.2) is 4.79 Å². The van der Waals surface area contributed by atoms with E-state index in [1.165, 1.54) is 10.9 Å². The number of urea groups is 1. The fraction of sp³-hybridized carbons (Fsp3) is 0.552. The highest BCUT2D eigenvalue weighted by Crippen LogP contribution is 2.38. The number of hydrogen-bond donors (Lipinski definition) is 4. The Hall–Kier alpha value is -3.93. The molecule has 12 nitrogen and oxygen atoms in total. The van der Waals surface area contributed by atoms with E-state index >= 15 is 0 Å². The van der Waals surface area contributed by atoms with Crippen LogP contribution < -0.4 is 21.3 Å². The summed E-state index contributed by atoms with van der Waals surface area (Å²) in [5, 5.41) is 15.8. The van der Waals surface area contributed by atoms with Gasteiger partial charge in [0.25, 0.3) is 5.91 Å². The smallest absolute Gasteiger partial charge is 0.318 e. The number of carbonyl (C=O) groups is 4. The molecule has 2 aliphatic heterocycles. The van der Waals surface area contributed by atoms with Crippen LogP contribution in [0.1, 0.15) is 48.3 Å². The Labute approximate surface area is 239 Å².